The summed E-state index contributed by atoms with van der Waals surface area (Å²) in [5.74, 6) is 0.970. The molecule has 0 aliphatic rings. The fourth-order valence-electron chi connectivity index (χ4n) is 1.96. The highest BCUT2D eigenvalue weighted by Gasteiger charge is 2.09. The van der Waals surface area contributed by atoms with Crippen molar-refractivity contribution in [3.8, 4) is 17.5 Å². The van der Waals surface area contributed by atoms with Crippen molar-refractivity contribution in [1.82, 2.24) is 20.2 Å². The third kappa shape index (κ3) is 3.88. The van der Waals surface area contributed by atoms with Gasteiger partial charge in [-0.15, -0.1) is 5.10 Å². The summed E-state index contributed by atoms with van der Waals surface area (Å²) in [6, 6.07) is 15.0. The van der Waals surface area contributed by atoms with Gasteiger partial charge < -0.3 is 4.74 Å². The van der Waals surface area contributed by atoms with Gasteiger partial charge in [0.05, 0.1) is 23.9 Å². The van der Waals surface area contributed by atoms with Gasteiger partial charge in [0.1, 0.15) is 11.6 Å². The van der Waals surface area contributed by atoms with Crippen LogP contribution in [0.5, 0.6) is 5.75 Å². The maximum atomic E-state index is 13.3. The number of hydrogen-bond donors (Lipinski definition) is 0. The fraction of sp³-hybridized carbons (Fsp3) is 0.125. The number of nitrogens with zero attached hydrogens (tertiary/aromatic N) is 5. The molecule has 2 aromatic carbocycles. The molecule has 0 saturated heterocycles. The van der Waals surface area contributed by atoms with E-state index in [4.69, 9.17) is 10.00 Å². The van der Waals surface area contributed by atoms with Crippen molar-refractivity contribution < 1.29 is 9.13 Å². The minimum absolute atomic E-state index is 0.344. The van der Waals surface area contributed by atoms with Gasteiger partial charge in [-0.2, -0.15) is 9.94 Å². The van der Waals surface area contributed by atoms with E-state index in [0.29, 0.717) is 34.5 Å². The Morgan fingerprint density at radius 1 is 1.21 bits per heavy atom. The van der Waals surface area contributed by atoms with Crippen LogP contribution in [0.2, 0.25) is 0 Å². The highest BCUT2D eigenvalue weighted by molar-refractivity contribution is 7.99. The molecule has 8 heteroatoms. The van der Waals surface area contributed by atoms with Crippen LogP contribution in [-0.2, 0) is 0 Å². The van der Waals surface area contributed by atoms with Gasteiger partial charge in [-0.3, -0.25) is 0 Å². The zero-order chi connectivity index (χ0) is 16.8. The molecular weight excluding hydrogens is 329 g/mol. The van der Waals surface area contributed by atoms with E-state index in [1.165, 1.54) is 28.6 Å². The third-order valence-corrected chi connectivity index (χ3v) is 3.94. The van der Waals surface area contributed by atoms with E-state index >= 15 is 0 Å². The summed E-state index contributed by atoms with van der Waals surface area (Å²) < 4.78 is 20.4. The Morgan fingerprint density at radius 3 is 2.79 bits per heavy atom. The molecule has 0 aliphatic carbocycles. The first-order valence-corrected chi connectivity index (χ1v) is 8.05. The smallest absolute Gasteiger partial charge is 0.214 e. The van der Waals surface area contributed by atoms with Gasteiger partial charge in [0, 0.05) is 5.75 Å². The Balaban J connectivity index is 1.56. The number of aromatic nitrogens is 4. The topological polar surface area (TPSA) is 76.6 Å². The molecule has 0 saturated carbocycles. The summed E-state index contributed by atoms with van der Waals surface area (Å²) in [7, 11) is 0. The molecule has 0 fully saturated rings. The lowest BCUT2D eigenvalue weighted by Crippen LogP contribution is -2.03. The molecule has 0 spiro atoms. The van der Waals surface area contributed by atoms with Crippen LogP contribution in [0.1, 0.15) is 5.56 Å². The van der Waals surface area contributed by atoms with Crippen molar-refractivity contribution in [3.63, 3.8) is 0 Å². The molecule has 1 aromatic heterocycles. The molecule has 0 atom stereocenters. The van der Waals surface area contributed by atoms with E-state index in [1.54, 1.807) is 36.4 Å². The zero-order valence-corrected chi connectivity index (χ0v) is 13.3. The lowest BCUT2D eigenvalue weighted by Gasteiger charge is -2.06. The normalized spacial score (nSPS) is 10.3. The van der Waals surface area contributed by atoms with Gasteiger partial charge in [0.15, 0.2) is 0 Å². The highest BCUT2D eigenvalue weighted by Crippen LogP contribution is 2.19. The average Bonchev–Trinajstić information content (AvgIpc) is 3.08. The molecule has 3 aromatic rings. The van der Waals surface area contributed by atoms with Crippen molar-refractivity contribution in [2.45, 2.75) is 5.16 Å². The van der Waals surface area contributed by atoms with Crippen LogP contribution in [-0.4, -0.2) is 32.6 Å². The van der Waals surface area contributed by atoms with E-state index in [9.17, 15) is 4.39 Å². The van der Waals surface area contributed by atoms with Gasteiger partial charge in [-0.05, 0) is 52.9 Å². The number of nitriles is 1. The first kappa shape index (κ1) is 16.0. The van der Waals surface area contributed by atoms with Crippen LogP contribution in [0.15, 0.2) is 53.7 Å². The number of hydrogen-bond acceptors (Lipinski definition) is 6. The van der Waals surface area contributed by atoms with Crippen LogP contribution < -0.4 is 4.74 Å². The van der Waals surface area contributed by atoms with Crippen molar-refractivity contribution in [1.29, 1.82) is 5.26 Å². The number of benzene rings is 2. The van der Waals surface area contributed by atoms with Gasteiger partial charge in [-0.25, -0.2) is 4.39 Å². The standard InChI is InChI=1S/C16H12FN5OS/c17-13-2-1-3-14(10-13)22-16(19-20-21-22)24-9-8-23-15-6-4-12(11-18)5-7-15/h1-7,10H,8-9H2. The second kappa shape index (κ2) is 7.57. The highest BCUT2D eigenvalue weighted by atomic mass is 32.2. The monoisotopic (exact) mass is 341 g/mol. The second-order valence-electron chi connectivity index (χ2n) is 4.69. The molecule has 0 unspecified atom stereocenters. The van der Waals surface area contributed by atoms with Crippen molar-refractivity contribution in [3.05, 3.63) is 59.9 Å². The molecule has 0 bridgehead atoms. The number of ether oxygens (including phenoxy) is 1. The van der Waals surface area contributed by atoms with Gasteiger partial charge in [0.2, 0.25) is 5.16 Å². The molecule has 0 N–H and O–H groups in total. The number of tetrazole rings is 1. The van der Waals surface area contributed by atoms with Crippen molar-refractivity contribution in [2.24, 2.45) is 0 Å². The molecule has 3 rings (SSSR count). The molecule has 6 nitrogen and oxygen atoms in total. The molecule has 120 valence electrons. The van der Waals surface area contributed by atoms with Crippen LogP contribution in [0.4, 0.5) is 4.39 Å². The average molecular weight is 341 g/mol. The SMILES string of the molecule is N#Cc1ccc(OCCSc2nnnn2-c2cccc(F)c2)cc1. The van der Waals surface area contributed by atoms with Gasteiger partial charge >= 0.3 is 0 Å². The first-order valence-electron chi connectivity index (χ1n) is 7.06. The quantitative estimate of drug-likeness (QED) is 0.507. The second-order valence-corrected chi connectivity index (χ2v) is 5.75. The summed E-state index contributed by atoms with van der Waals surface area (Å²) in [6.07, 6.45) is 0. The number of rotatable bonds is 6. The molecular formula is C16H12FN5OS. The summed E-state index contributed by atoms with van der Waals surface area (Å²) >= 11 is 1.41. The summed E-state index contributed by atoms with van der Waals surface area (Å²) in [4.78, 5) is 0. The lowest BCUT2D eigenvalue weighted by molar-refractivity contribution is 0.344. The Labute approximate surface area is 141 Å². The maximum Gasteiger partial charge on any atom is 0.214 e. The van der Waals surface area contributed by atoms with Gasteiger partial charge in [0.25, 0.3) is 0 Å². The Kier molecular flexibility index (Phi) is 5.03. The van der Waals surface area contributed by atoms with E-state index in [-0.39, 0.29) is 5.82 Å². The Morgan fingerprint density at radius 2 is 2.04 bits per heavy atom. The first-order chi connectivity index (χ1) is 11.8. The van der Waals surface area contributed by atoms with Crippen LogP contribution >= 0.6 is 11.8 Å². The minimum atomic E-state index is -0.344. The molecule has 24 heavy (non-hydrogen) atoms. The van der Waals surface area contributed by atoms with E-state index in [2.05, 4.69) is 21.6 Å². The number of thioether (sulfide) groups is 1. The van der Waals surface area contributed by atoms with Crippen molar-refractivity contribution in [2.75, 3.05) is 12.4 Å². The van der Waals surface area contributed by atoms with Gasteiger partial charge in [-0.1, -0.05) is 17.8 Å². The van der Waals surface area contributed by atoms with Crippen molar-refractivity contribution >= 4 is 11.8 Å². The Hall–Kier alpha value is -2.92. The lowest BCUT2D eigenvalue weighted by atomic mass is 10.2. The summed E-state index contributed by atoms with van der Waals surface area (Å²) in [5, 5.41) is 20.8. The predicted molar refractivity (Wildman–Crippen MR) is 86.5 cm³/mol. The van der Waals surface area contributed by atoms with E-state index in [1.807, 2.05) is 0 Å². The fourth-order valence-corrected chi connectivity index (χ4v) is 2.66. The predicted octanol–water partition coefficient (Wildman–Crippen LogP) is 2.84. The van der Waals surface area contributed by atoms with Crippen LogP contribution in [0.25, 0.3) is 5.69 Å². The molecule has 0 radical (unpaired) electrons. The summed E-state index contributed by atoms with van der Waals surface area (Å²) in [5.41, 5.74) is 1.15. The Bertz CT molecular complexity index is 859. The largest absolute Gasteiger partial charge is 0.493 e. The molecule has 1 heterocycles. The van der Waals surface area contributed by atoms with E-state index in [0.717, 1.165) is 0 Å². The molecule has 0 amide bonds. The van der Waals surface area contributed by atoms with Crippen LogP contribution in [0, 0.1) is 17.1 Å². The third-order valence-electron chi connectivity index (χ3n) is 3.06. The number of halogens is 1. The van der Waals surface area contributed by atoms with Crippen LogP contribution in [0.3, 0.4) is 0 Å². The molecule has 0 aliphatic heterocycles. The van der Waals surface area contributed by atoms with E-state index < -0.39 is 0 Å². The minimum Gasteiger partial charge on any atom is -0.493 e. The zero-order valence-electron chi connectivity index (χ0n) is 12.5. The maximum absolute atomic E-state index is 13.3. The summed E-state index contributed by atoms with van der Waals surface area (Å²) in [6.45, 7) is 0.451.